The molecule has 0 saturated heterocycles. The van der Waals surface area contributed by atoms with E-state index in [2.05, 4.69) is 15.6 Å². The third-order valence-corrected chi connectivity index (χ3v) is 6.60. The molecule has 32 heavy (non-hydrogen) atoms. The Morgan fingerprint density at radius 3 is 2.53 bits per heavy atom. The van der Waals surface area contributed by atoms with Crippen LogP contribution in [0.3, 0.4) is 0 Å². The summed E-state index contributed by atoms with van der Waals surface area (Å²) < 4.78 is 43.9. The van der Waals surface area contributed by atoms with Crippen LogP contribution < -0.4 is 15.4 Å². The van der Waals surface area contributed by atoms with Gasteiger partial charge in [0.05, 0.1) is 31.3 Å². The average molecular weight is 479 g/mol. The molecule has 0 unspecified atom stereocenters. The number of amides is 1. The molecule has 0 aliphatic heterocycles. The normalized spacial score (nSPS) is 11.4. The highest BCUT2D eigenvalue weighted by atomic mass is 32.2. The van der Waals surface area contributed by atoms with Crippen LogP contribution in [-0.4, -0.2) is 50.6 Å². The molecule has 0 radical (unpaired) electrons. The van der Waals surface area contributed by atoms with Crippen LogP contribution in [0.1, 0.15) is 5.56 Å². The monoisotopic (exact) mass is 478 g/mol. The number of hydrogen-bond acceptors (Lipinski definition) is 7. The predicted molar refractivity (Wildman–Crippen MR) is 124 cm³/mol. The lowest BCUT2D eigenvalue weighted by atomic mass is 10.1. The number of aromatic nitrogens is 1. The first-order chi connectivity index (χ1) is 15.2. The molecule has 0 atom stereocenters. The summed E-state index contributed by atoms with van der Waals surface area (Å²) in [5.41, 5.74) is 2.45. The van der Waals surface area contributed by atoms with Crippen molar-refractivity contribution in [2.45, 2.75) is 6.54 Å². The van der Waals surface area contributed by atoms with Crippen molar-refractivity contribution in [2.75, 3.05) is 37.6 Å². The second-order valence-electron chi connectivity index (χ2n) is 6.91. The van der Waals surface area contributed by atoms with E-state index in [4.69, 9.17) is 4.74 Å². The van der Waals surface area contributed by atoms with Crippen molar-refractivity contribution < 1.29 is 22.3 Å². The maximum Gasteiger partial charge on any atom is 0.239 e. The van der Waals surface area contributed by atoms with Gasteiger partial charge in [0.15, 0.2) is 5.13 Å². The molecule has 0 saturated carbocycles. The summed E-state index contributed by atoms with van der Waals surface area (Å²) in [7, 11) is -0.440. The van der Waals surface area contributed by atoms with Crippen molar-refractivity contribution >= 4 is 38.1 Å². The molecule has 2 N–H and O–H groups in total. The van der Waals surface area contributed by atoms with Gasteiger partial charge in [-0.15, -0.1) is 11.3 Å². The summed E-state index contributed by atoms with van der Waals surface area (Å²) in [6.45, 7) is -0.473. The van der Waals surface area contributed by atoms with Gasteiger partial charge in [0.2, 0.25) is 15.9 Å². The van der Waals surface area contributed by atoms with Crippen molar-refractivity contribution in [3.05, 3.63) is 59.2 Å². The Morgan fingerprint density at radius 1 is 1.22 bits per heavy atom. The molecule has 0 spiro atoms. The van der Waals surface area contributed by atoms with Gasteiger partial charge in [0.1, 0.15) is 11.6 Å². The van der Waals surface area contributed by atoms with E-state index in [-0.39, 0.29) is 6.54 Å². The first-order valence-electron chi connectivity index (χ1n) is 9.50. The predicted octanol–water partition coefficient (Wildman–Crippen LogP) is 3.40. The first kappa shape index (κ1) is 23.6. The number of nitrogens with zero attached hydrogens (tertiary/aromatic N) is 2. The smallest absolute Gasteiger partial charge is 0.239 e. The molecule has 3 rings (SSSR count). The van der Waals surface area contributed by atoms with Crippen LogP contribution in [0.4, 0.5) is 15.2 Å². The summed E-state index contributed by atoms with van der Waals surface area (Å²) in [5, 5.41) is 8.33. The van der Waals surface area contributed by atoms with Crippen molar-refractivity contribution in [3.63, 3.8) is 0 Å². The van der Waals surface area contributed by atoms with Gasteiger partial charge in [0, 0.05) is 24.5 Å². The summed E-state index contributed by atoms with van der Waals surface area (Å²) >= 11 is 1.45. The van der Waals surface area contributed by atoms with Gasteiger partial charge in [-0.2, -0.15) is 4.31 Å². The molecular weight excluding hydrogens is 455 g/mol. The number of carbonyl (C=O) groups excluding carboxylic acids is 1. The highest BCUT2D eigenvalue weighted by Gasteiger charge is 2.21. The van der Waals surface area contributed by atoms with E-state index in [0.29, 0.717) is 17.0 Å². The third-order valence-electron chi connectivity index (χ3n) is 4.55. The summed E-state index contributed by atoms with van der Waals surface area (Å²) in [5.74, 6) is -0.538. The molecule has 8 nitrogen and oxygen atoms in total. The van der Waals surface area contributed by atoms with Gasteiger partial charge in [-0.1, -0.05) is 12.1 Å². The Balaban J connectivity index is 1.79. The van der Waals surface area contributed by atoms with E-state index in [9.17, 15) is 17.6 Å². The number of rotatable bonds is 9. The number of methoxy groups -OCH3 is 1. The van der Waals surface area contributed by atoms with Crippen LogP contribution in [0.25, 0.3) is 11.3 Å². The SMILES string of the molecule is CNc1nc(-c2ccc(OC)c(NC(=O)CN(Cc3ccc(F)cc3)S(C)(=O)=O)c2)cs1. The molecule has 2 aromatic carbocycles. The number of halogens is 1. The van der Waals surface area contributed by atoms with E-state index in [0.717, 1.165) is 26.9 Å². The Kier molecular flexibility index (Phi) is 7.44. The first-order valence-corrected chi connectivity index (χ1v) is 12.2. The number of ether oxygens (including phenoxy) is 1. The number of hydrogen-bond donors (Lipinski definition) is 2. The average Bonchev–Trinajstić information content (AvgIpc) is 3.23. The molecular formula is C21H23FN4O4S2. The molecule has 1 heterocycles. The molecule has 0 fully saturated rings. The molecule has 0 bridgehead atoms. The standard InChI is InChI=1S/C21H23FN4O4S2/c1-23-21-25-18(13-31-21)15-6-9-19(30-2)17(10-15)24-20(27)12-26(32(3,28)29)11-14-4-7-16(22)8-5-14/h4-10,13H,11-12H2,1-3H3,(H,23,25)(H,24,27). The Bertz CT molecular complexity index is 1200. The van der Waals surface area contributed by atoms with E-state index in [1.54, 1.807) is 19.2 Å². The number of anilines is 2. The fourth-order valence-electron chi connectivity index (χ4n) is 2.92. The van der Waals surface area contributed by atoms with E-state index < -0.39 is 28.3 Å². The van der Waals surface area contributed by atoms with Crippen molar-refractivity contribution in [1.82, 2.24) is 9.29 Å². The van der Waals surface area contributed by atoms with E-state index in [1.807, 2.05) is 11.4 Å². The lowest BCUT2D eigenvalue weighted by molar-refractivity contribution is -0.116. The van der Waals surface area contributed by atoms with Crippen molar-refractivity contribution in [2.24, 2.45) is 0 Å². The highest BCUT2D eigenvalue weighted by Crippen LogP contribution is 2.32. The van der Waals surface area contributed by atoms with E-state index >= 15 is 0 Å². The number of thiazole rings is 1. The van der Waals surface area contributed by atoms with Crippen LogP contribution in [-0.2, 0) is 21.4 Å². The zero-order valence-electron chi connectivity index (χ0n) is 17.8. The molecule has 170 valence electrons. The Morgan fingerprint density at radius 2 is 1.94 bits per heavy atom. The Labute approximate surface area is 190 Å². The minimum atomic E-state index is -3.70. The topological polar surface area (TPSA) is 101 Å². The number of carbonyl (C=O) groups is 1. The number of benzene rings is 2. The third kappa shape index (κ3) is 6.02. The summed E-state index contributed by atoms with van der Waals surface area (Å²) in [6.07, 6.45) is 1.02. The van der Waals surface area contributed by atoms with Crippen LogP contribution in [0.5, 0.6) is 5.75 Å². The van der Waals surface area contributed by atoms with Gasteiger partial charge in [0.25, 0.3) is 0 Å². The largest absolute Gasteiger partial charge is 0.495 e. The minimum Gasteiger partial charge on any atom is -0.495 e. The van der Waals surface area contributed by atoms with Crippen molar-refractivity contribution in [1.29, 1.82) is 0 Å². The van der Waals surface area contributed by atoms with Crippen molar-refractivity contribution in [3.8, 4) is 17.0 Å². The maximum absolute atomic E-state index is 13.1. The summed E-state index contributed by atoms with van der Waals surface area (Å²) in [4.78, 5) is 17.2. The van der Waals surface area contributed by atoms with Crippen LogP contribution >= 0.6 is 11.3 Å². The molecule has 11 heteroatoms. The molecule has 1 aromatic heterocycles. The quantitative estimate of drug-likeness (QED) is 0.489. The fraction of sp³-hybridized carbons (Fsp3) is 0.238. The molecule has 1 amide bonds. The van der Waals surface area contributed by atoms with Crippen LogP contribution in [0.15, 0.2) is 47.8 Å². The van der Waals surface area contributed by atoms with Crippen LogP contribution in [0.2, 0.25) is 0 Å². The van der Waals surface area contributed by atoms with Gasteiger partial charge in [-0.3, -0.25) is 4.79 Å². The molecule has 0 aliphatic rings. The van der Waals surface area contributed by atoms with Gasteiger partial charge < -0.3 is 15.4 Å². The highest BCUT2D eigenvalue weighted by molar-refractivity contribution is 7.88. The second-order valence-corrected chi connectivity index (χ2v) is 9.75. The van der Waals surface area contributed by atoms with Crippen LogP contribution in [0, 0.1) is 5.82 Å². The minimum absolute atomic E-state index is 0.0602. The van der Waals surface area contributed by atoms with Gasteiger partial charge >= 0.3 is 0 Å². The number of nitrogens with one attached hydrogen (secondary N) is 2. The van der Waals surface area contributed by atoms with Gasteiger partial charge in [-0.05, 0) is 35.9 Å². The molecule has 3 aromatic rings. The lowest BCUT2D eigenvalue weighted by Gasteiger charge is -2.20. The van der Waals surface area contributed by atoms with E-state index in [1.165, 1.54) is 42.7 Å². The zero-order valence-corrected chi connectivity index (χ0v) is 19.4. The lowest BCUT2D eigenvalue weighted by Crippen LogP contribution is -2.37. The Hall–Kier alpha value is -3.02. The molecule has 0 aliphatic carbocycles. The second kappa shape index (κ2) is 10.1. The number of sulfonamides is 1. The summed E-state index contributed by atoms with van der Waals surface area (Å²) in [6, 6.07) is 10.7. The maximum atomic E-state index is 13.1. The zero-order chi connectivity index (χ0) is 23.3. The fourth-order valence-corrected chi connectivity index (χ4v) is 4.34. The van der Waals surface area contributed by atoms with Gasteiger partial charge in [-0.25, -0.2) is 17.8 Å².